The van der Waals surface area contributed by atoms with E-state index in [9.17, 15) is 19.2 Å². The van der Waals surface area contributed by atoms with Crippen molar-refractivity contribution in [1.82, 2.24) is 0 Å². The molecule has 0 radical (unpaired) electrons. The Labute approximate surface area is 128 Å². The lowest BCUT2D eigenvalue weighted by Gasteiger charge is -2.11. The molecule has 0 heterocycles. The third-order valence-corrected chi connectivity index (χ3v) is 3.14. The van der Waals surface area contributed by atoms with Crippen molar-refractivity contribution in [3.63, 3.8) is 0 Å². The first-order valence-corrected chi connectivity index (χ1v) is 6.75. The van der Waals surface area contributed by atoms with Gasteiger partial charge in [-0.25, -0.2) is 0 Å². The second-order valence-corrected chi connectivity index (χ2v) is 4.64. The fourth-order valence-corrected chi connectivity index (χ4v) is 1.92. The molecule has 1 aromatic rings. The van der Waals surface area contributed by atoms with E-state index >= 15 is 0 Å². The van der Waals surface area contributed by atoms with E-state index in [1.165, 1.54) is 0 Å². The lowest BCUT2D eigenvalue weighted by molar-refractivity contribution is -0.159. The minimum atomic E-state index is -1.15. The van der Waals surface area contributed by atoms with E-state index in [4.69, 9.17) is 0 Å². The first-order valence-electron chi connectivity index (χ1n) is 6.75. The number of hydrogen-bond donors (Lipinski definition) is 0. The highest BCUT2D eigenvalue weighted by molar-refractivity contribution is 6.08. The number of esters is 2. The highest BCUT2D eigenvalue weighted by Gasteiger charge is 2.29. The van der Waals surface area contributed by atoms with E-state index in [0.29, 0.717) is 5.56 Å². The van der Waals surface area contributed by atoms with E-state index in [0.717, 1.165) is 14.2 Å². The van der Waals surface area contributed by atoms with Crippen LogP contribution in [0, 0.1) is 5.92 Å². The number of ether oxygens (including phenoxy) is 2. The number of rotatable bonds is 8. The zero-order valence-electron chi connectivity index (χ0n) is 12.5. The first kappa shape index (κ1) is 17.6. The molecule has 1 rings (SSSR count). The topological polar surface area (TPSA) is 86.7 Å². The van der Waals surface area contributed by atoms with Crippen LogP contribution in [0.5, 0.6) is 0 Å². The van der Waals surface area contributed by atoms with Gasteiger partial charge in [-0.3, -0.25) is 19.2 Å². The molecule has 0 amide bonds. The van der Waals surface area contributed by atoms with Crippen molar-refractivity contribution in [2.75, 3.05) is 14.2 Å². The van der Waals surface area contributed by atoms with Gasteiger partial charge in [0.15, 0.2) is 11.7 Å². The quantitative estimate of drug-likeness (QED) is 0.411. The molecule has 0 atom stereocenters. The summed E-state index contributed by atoms with van der Waals surface area (Å²) in [5.41, 5.74) is 0.452. The van der Waals surface area contributed by atoms with Crippen LogP contribution >= 0.6 is 0 Å². The molecular weight excluding hydrogens is 288 g/mol. The molecular formula is C16H18O6. The number of hydrogen-bond acceptors (Lipinski definition) is 6. The summed E-state index contributed by atoms with van der Waals surface area (Å²) in [6.45, 7) is 0. The smallest absolute Gasteiger partial charge is 0.320 e. The third kappa shape index (κ3) is 5.12. The third-order valence-electron chi connectivity index (χ3n) is 3.14. The number of carbonyl (C=O) groups excluding carboxylic acids is 4. The van der Waals surface area contributed by atoms with Gasteiger partial charge in [0.2, 0.25) is 0 Å². The maximum absolute atomic E-state index is 11.9. The average molecular weight is 306 g/mol. The second kappa shape index (κ2) is 8.71. The Kier molecular flexibility index (Phi) is 6.95. The van der Waals surface area contributed by atoms with Crippen molar-refractivity contribution >= 4 is 23.5 Å². The molecule has 0 saturated heterocycles. The van der Waals surface area contributed by atoms with Crippen LogP contribution in [0.3, 0.4) is 0 Å². The van der Waals surface area contributed by atoms with Gasteiger partial charge in [0.05, 0.1) is 20.6 Å². The molecule has 6 nitrogen and oxygen atoms in total. The van der Waals surface area contributed by atoms with Gasteiger partial charge >= 0.3 is 11.9 Å². The Bertz CT molecular complexity index is 533. The van der Waals surface area contributed by atoms with Crippen molar-refractivity contribution < 1.29 is 28.7 Å². The molecule has 0 unspecified atom stereocenters. The fraction of sp³-hybridized carbons (Fsp3) is 0.375. The SMILES string of the molecule is COC(=O)C(CCC(=O)CC(=O)c1ccccc1)C(=O)OC. The average Bonchev–Trinajstić information content (AvgIpc) is 2.55. The Morgan fingerprint density at radius 1 is 0.955 bits per heavy atom. The van der Waals surface area contributed by atoms with Crippen molar-refractivity contribution in [3.8, 4) is 0 Å². The molecule has 0 fully saturated rings. The van der Waals surface area contributed by atoms with Gasteiger partial charge in [0, 0.05) is 12.0 Å². The van der Waals surface area contributed by atoms with Gasteiger partial charge in [-0.05, 0) is 6.42 Å². The molecule has 0 aliphatic heterocycles. The minimum Gasteiger partial charge on any atom is -0.468 e. The minimum absolute atomic E-state index is 0.0414. The monoisotopic (exact) mass is 306 g/mol. The lowest BCUT2D eigenvalue weighted by Crippen LogP contribution is -2.27. The normalized spacial score (nSPS) is 10.1. The molecule has 0 spiro atoms. The van der Waals surface area contributed by atoms with Crippen LogP contribution in [0.25, 0.3) is 0 Å². The van der Waals surface area contributed by atoms with Crippen LogP contribution in [0.1, 0.15) is 29.6 Å². The molecule has 118 valence electrons. The number of benzene rings is 1. The molecule has 0 bridgehead atoms. The summed E-state index contributed by atoms with van der Waals surface area (Å²) in [4.78, 5) is 46.6. The van der Waals surface area contributed by atoms with E-state index in [1.54, 1.807) is 30.3 Å². The summed E-state index contributed by atoms with van der Waals surface area (Å²) < 4.78 is 9.00. The van der Waals surface area contributed by atoms with Crippen molar-refractivity contribution in [1.29, 1.82) is 0 Å². The van der Waals surface area contributed by atoms with Crippen LogP contribution < -0.4 is 0 Å². The van der Waals surface area contributed by atoms with Crippen LogP contribution in [-0.2, 0) is 23.9 Å². The molecule has 0 aromatic heterocycles. The van der Waals surface area contributed by atoms with Crippen LogP contribution in [-0.4, -0.2) is 37.7 Å². The van der Waals surface area contributed by atoms with Gasteiger partial charge < -0.3 is 9.47 Å². The van der Waals surface area contributed by atoms with Gasteiger partial charge in [-0.1, -0.05) is 30.3 Å². The Balaban J connectivity index is 2.55. The molecule has 1 aromatic carbocycles. The van der Waals surface area contributed by atoms with Gasteiger partial charge in [-0.2, -0.15) is 0 Å². The highest BCUT2D eigenvalue weighted by Crippen LogP contribution is 2.13. The summed E-state index contributed by atoms with van der Waals surface area (Å²) in [6.07, 6.45) is -0.382. The summed E-state index contributed by atoms with van der Waals surface area (Å²) in [7, 11) is 2.30. The molecule has 0 aliphatic rings. The van der Waals surface area contributed by atoms with Crippen molar-refractivity contribution in [2.45, 2.75) is 19.3 Å². The van der Waals surface area contributed by atoms with E-state index in [-0.39, 0.29) is 30.8 Å². The predicted molar refractivity (Wildman–Crippen MR) is 77.2 cm³/mol. The predicted octanol–water partition coefficient (Wildman–Crippen LogP) is 1.57. The van der Waals surface area contributed by atoms with Gasteiger partial charge in [0.1, 0.15) is 5.78 Å². The Hall–Kier alpha value is -2.50. The molecule has 0 saturated carbocycles. The lowest BCUT2D eigenvalue weighted by atomic mass is 9.98. The second-order valence-electron chi connectivity index (χ2n) is 4.64. The van der Waals surface area contributed by atoms with Gasteiger partial charge in [-0.15, -0.1) is 0 Å². The van der Waals surface area contributed by atoms with E-state index in [1.807, 2.05) is 0 Å². The fourth-order valence-electron chi connectivity index (χ4n) is 1.92. The maximum atomic E-state index is 11.9. The molecule has 6 heteroatoms. The Morgan fingerprint density at radius 3 is 2.00 bits per heavy atom. The summed E-state index contributed by atoms with van der Waals surface area (Å²) in [5.74, 6) is -3.29. The maximum Gasteiger partial charge on any atom is 0.320 e. The number of methoxy groups -OCH3 is 2. The van der Waals surface area contributed by atoms with Crippen LogP contribution in [0.2, 0.25) is 0 Å². The number of carbonyl (C=O) groups is 4. The van der Waals surface area contributed by atoms with E-state index in [2.05, 4.69) is 9.47 Å². The summed E-state index contributed by atoms with van der Waals surface area (Å²) in [5, 5.41) is 0. The van der Waals surface area contributed by atoms with E-state index < -0.39 is 17.9 Å². The van der Waals surface area contributed by atoms with Crippen molar-refractivity contribution in [2.24, 2.45) is 5.92 Å². The van der Waals surface area contributed by atoms with Crippen molar-refractivity contribution in [3.05, 3.63) is 35.9 Å². The molecule has 0 N–H and O–H groups in total. The van der Waals surface area contributed by atoms with Gasteiger partial charge in [0.25, 0.3) is 0 Å². The standard InChI is InChI=1S/C16H18O6/c1-21-15(19)13(16(20)22-2)9-8-12(17)10-14(18)11-6-4-3-5-7-11/h3-7,13H,8-10H2,1-2H3. The largest absolute Gasteiger partial charge is 0.468 e. The van der Waals surface area contributed by atoms with Crippen LogP contribution in [0.15, 0.2) is 30.3 Å². The highest BCUT2D eigenvalue weighted by atomic mass is 16.5. The Morgan fingerprint density at radius 2 is 1.50 bits per heavy atom. The number of ketones is 2. The zero-order valence-corrected chi connectivity index (χ0v) is 12.5. The summed E-state index contributed by atoms with van der Waals surface area (Å²) >= 11 is 0. The first-order chi connectivity index (χ1) is 10.5. The van der Waals surface area contributed by atoms with Crippen LogP contribution in [0.4, 0.5) is 0 Å². The summed E-state index contributed by atoms with van der Waals surface area (Å²) in [6, 6.07) is 8.45. The zero-order chi connectivity index (χ0) is 16.5. The molecule has 0 aliphatic carbocycles. The number of Topliss-reactive ketones (excluding diaryl/α,β-unsaturated/α-hetero) is 2. The molecule has 22 heavy (non-hydrogen) atoms.